The predicted molar refractivity (Wildman–Crippen MR) is 105 cm³/mol. The number of unbranched alkanes of at least 4 members (excludes halogenated alkanes) is 9. The number of nitrogens with zero attached hydrogens (tertiary/aromatic N) is 1. The molecule has 1 aromatic rings. The standard InChI is InChI=1S/C22H37NO/c1-4-5-6-7-8-9-10-11-12-13-14-20-15-17-21(18-16-20)22(23-24)19(2)3/h15-19,24H,4-14H2,1-3H3. The van der Waals surface area contributed by atoms with Crippen LogP contribution in [-0.2, 0) is 6.42 Å². The molecule has 0 fully saturated rings. The van der Waals surface area contributed by atoms with Crippen molar-refractivity contribution in [3.05, 3.63) is 35.4 Å². The number of aryl methyl sites for hydroxylation is 1. The number of benzene rings is 1. The Hall–Kier alpha value is -1.31. The highest BCUT2D eigenvalue weighted by molar-refractivity contribution is 6.01. The Kier molecular flexibility index (Phi) is 11.3. The maximum absolute atomic E-state index is 9.11. The van der Waals surface area contributed by atoms with Crippen LogP contribution >= 0.6 is 0 Å². The van der Waals surface area contributed by atoms with Crippen molar-refractivity contribution in [2.45, 2.75) is 91.4 Å². The molecule has 1 aromatic carbocycles. The summed E-state index contributed by atoms with van der Waals surface area (Å²) in [5.74, 6) is 0.239. The summed E-state index contributed by atoms with van der Waals surface area (Å²) in [4.78, 5) is 0. The van der Waals surface area contributed by atoms with Crippen molar-refractivity contribution in [3.63, 3.8) is 0 Å². The topological polar surface area (TPSA) is 32.6 Å². The van der Waals surface area contributed by atoms with Crippen molar-refractivity contribution in [1.82, 2.24) is 0 Å². The lowest BCUT2D eigenvalue weighted by molar-refractivity contribution is 0.316. The third-order valence-corrected chi connectivity index (χ3v) is 4.72. The molecule has 2 heteroatoms. The van der Waals surface area contributed by atoms with Crippen LogP contribution in [0.5, 0.6) is 0 Å². The molecule has 0 saturated carbocycles. The van der Waals surface area contributed by atoms with Gasteiger partial charge in [0, 0.05) is 0 Å². The van der Waals surface area contributed by atoms with Gasteiger partial charge in [0.25, 0.3) is 0 Å². The molecule has 0 atom stereocenters. The van der Waals surface area contributed by atoms with Gasteiger partial charge in [-0.2, -0.15) is 0 Å². The molecule has 0 aliphatic heterocycles. The van der Waals surface area contributed by atoms with E-state index in [-0.39, 0.29) is 5.92 Å². The third kappa shape index (κ3) is 8.52. The zero-order chi connectivity index (χ0) is 17.6. The molecule has 1 N–H and O–H groups in total. The molecule has 2 nitrogen and oxygen atoms in total. The van der Waals surface area contributed by atoms with E-state index in [1.807, 2.05) is 13.8 Å². The van der Waals surface area contributed by atoms with E-state index < -0.39 is 0 Å². The van der Waals surface area contributed by atoms with Crippen LogP contribution in [0, 0.1) is 5.92 Å². The van der Waals surface area contributed by atoms with Crippen LogP contribution in [-0.4, -0.2) is 10.9 Å². The van der Waals surface area contributed by atoms with Crippen molar-refractivity contribution in [3.8, 4) is 0 Å². The minimum Gasteiger partial charge on any atom is -0.411 e. The second-order valence-corrected chi connectivity index (χ2v) is 7.27. The molecule has 0 radical (unpaired) electrons. The van der Waals surface area contributed by atoms with Gasteiger partial charge in [0.15, 0.2) is 0 Å². The SMILES string of the molecule is CCCCCCCCCCCCc1ccc(C(=NO)C(C)C)cc1. The van der Waals surface area contributed by atoms with Gasteiger partial charge in [0.2, 0.25) is 0 Å². The minimum atomic E-state index is 0.239. The first-order valence-corrected chi connectivity index (χ1v) is 10.00. The first kappa shape index (κ1) is 20.7. The van der Waals surface area contributed by atoms with Crippen LogP contribution in [0.3, 0.4) is 0 Å². The van der Waals surface area contributed by atoms with Crippen LogP contribution in [0.2, 0.25) is 0 Å². The van der Waals surface area contributed by atoms with Crippen LogP contribution in [0.15, 0.2) is 29.4 Å². The Bertz CT molecular complexity index is 448. The van der Waals surface area contributed by atoms with Crippen LogP contribution in [0.1, 0.15) is 96.1 Å². The average Bonchev–Trinajstić information content (AvgIpc) is 2.58. The van der Waals surface area contributed by atoms with E-state index in [0.29, 0.717) is 0 Å². The van der Waals surface area contributed by atoms with Gasteiger partial charge in [-0.3, -0.25) is 0 Å². The molecule has 24 heavy (non-hydrogen) atoms. The fourth-order valence-electron chi connectivity index (χ4n) is 3.17. The molecule has 136 valence electrons. The van der Waals surface area contributed by atoms with Crippen molar-refractivity contribution < 1.29 is 5.21 Å². The highest BCUT2D eigenvalue weighted by atomic mass is 16.4. The predicted octanol–water partition coefficient (Wildman–Crippen LogP) is 6.98. The van der Waals surface area contributed by atoms with E-state index in [0.717, 1.165) is 17.7 Å². The van der Waals surface area contributed by atoms with Crippen molar-refractivity contribution in [2.75, 3.05) is 0 Å². The van der Waals surface area contributed by atoms with Gasteiger partial charge in [0.1, 0.15) is 0 Å². The van der Waals surface area contributed by atoms with Crippen molar-refractivity contribution in [1.29, 1.82) is 0 Å². The van der Waals surface area contributed by atoms with Crippen molar-refractivity contribution in [2.24, 2.45) is 11.1 Å². The highest BCUT2D eigenvalue weighted by Gasteiger charge is 2.08. The van der Waals surface area contributed by atoms with E-state index in [1.54, 1.807) is 0 Å². The first-order chi connectivity index (χ1) is 11.7. The lowest BCUT2D eigenvalue weighted by Crippen LogP contribution is -2.09. The Morgan fingerprint density at radius 2 is 1.33 bits per heavy atom. The van der Waals surface area contributed by atoms with E-state index in [9.17, 15) is 0 Å². The van der Waals surface area contributed by atoms with Crippen LogP contribution < -0.4 is 0 Å². The summed E-state index contributed by atoms with van der Waals surface area (Å²) >= 11 is 0. The number of hydrogen-bond donors (Lipinski definition) is 1. The Labute approximate surface area is 149 Å². The lowest BCUT2D eigenvalue weighted by atomic mass is 9.97. The molecule has 0 aliphatic carbocycles. The van der Waals surface area contributed by atoms with E-state index in [1.165, 1.54) is 69.8 Å². The smallest absolute Gasteiger partial charge is 0.0893 e. The van der Waals surface area contributed by atoms with Gasteiger partial charge in [-0.1, -0.05) is 108 Å². The van der Waals surface area contributed by atoms with Crippen molar-refractivity contribution >= 4 is 5.71 Å². The maximum atomic E-state index is 9.11. The fraction of sp³-hybridized carbons (Fsp3) is 0.682. The van der Waals surface area contributed by atoms with Gasteiger partial charge in [-0.05, 0) is 29.9 Å². The number of rotatable bonds is 13. The van der Waals surface area contributed by atoms with Crippen LogP contribution in [0.25, 0.3) is 0 Å². The Balaban J connectivity index is 2.13. The maximum Gasteiger partial charge on any atom is 0.0893 e. The Morgan fingerprint density at radius 3 is 1.79 bits per heavy atom. The third-order valence-electron chi connectivity index (χ3n) is 4.72. The zero-order valence-corrected chi connectivity index (χ0v) is 16.1. The molecule has 0 aliphatic rings. The van der Waals surface area contributed by atoms with E-state index >= 15 is 0 Å². The lowest BCUT2D eigenvalue weighted by Gasteiger charge is -2.09. The highest BCUT2D eigenvalue weighted by Crippen LogP contribution is 2.15. The molecule has 0 saturated heterocycles. The Morgan fingerprint density at radius 1 is 0.833 bits per heavy atom. The summed E-state index contributed by atoms with van der Waals surface area (Å²) in [7, 11) is 0. The second kappa shape index (κ2) is 13.0. The van der Waals surface area contributed by atoms with Gasteiger partial charge < -0.3 is 5.21 Å². The fourth-order valence-corrected chi connectivity index (χ4v) is 3.17. The quantitative estimate of drug-likeness (QED) is 0.180. The monoisotopic (exact) mass is 331 g/mol. The molecule has 0 unspecified atom stereocenters. The normalized spacial score (nSPS) is 12.1. The molecule has 0 bridgehead atoms. The summed E-state index contributed by atoms with van der Waals surface area (Å²) in [5, 5.41) is 12.5. The molecule has 0 aromatic heterocycles. The molecule has 1 rings (SSSR count). The largest absolute Gasteiger partial charge is 0.411 e. The number of oxime groups is 1. The van der Waals surface area contributed by atoms with Gasteiger partial charge in [-0.25, -0.2) is 0 Å². The number of hydrogen-bond acceptors (Lipinski definition) is 2. The minimum absolute atomic E-state index is 0.239. The summed E-state index contributed by atoms with van der Waals surface area (Å²) in [5.41, 5.74) is 3.18. The van der Waals surface area contributed by atoms with Crippen LogP contribution in [0.4, 0.5) is 0 Å². The summed E-state index contributed by atoms with van der Waals surface area (Å²) < 4.78 is 0. The zero-order valence-electron chi connectivity index (χ0n) is 16.1. The second-order valence-electron chi connectivity index (χ2n) is 7.27. The molecular formula is C22H37NO. The average molecular weight is 332 g/mol. The summed E-state index contributed by atoms with van der Waals surface area (Å²) in [6.07, 6.45) is 15.0. The molecule has 0 amide bonds. The molecule has 0 spiro atoms. The van der Waals surface area contributed by atoms with E-state index in [4.69, 9.17) is 5.21 Å². The molecular weight excluding hydrogens is 294 g/mol. The molecule has 0 heterocycles. The van der Waals surface area contributed by atoms with Gasteiger partial charge in [-0.15, -0.1) is 0 Å². The van der Waals surface area contributed by atoms with Gasteiger partial charge >= 0.3 is 0 Å². The van der Waals surface area contributed by atoms with E-state index in [2.05, 4.69) is 36.3 Å². The van der Waals surface area contributed by atoms with Gasteiger partial charge in [0.05, 0.1) is 5.71 Å². The summed E-state index contributed by atoms with van der Waals surface area (Å²) in [6, 6.07) is 8.52. The first-order valence-electron chi connectivity index (χ1n) is 10.00. The summed E-state index contributed by atoms with van der Waals surface area (Å²) in [6.45, 7) is 6.37.